The molecule has 0 saturated carbocycles. The van der Waals surface area contributed by atoms with Gasteiger partial charge in [0.2, 0.25) is 0 Å². The van der Waals surface area contributed by atoms with Gasteiger partial charge in [0, 0.05) is 22.1 Å². The second-order valence-corrected chi connectivity index (χ2v) is 13.6. The number of benzene rings is 8. The first-order valence-electron chi connectivity index (χ1n) is 18.0. The molecule has 9 aromatic rings. The average Bonchev–Trinajstić information content (AvgIpc) is 3.57. The number of para-hydroxylation sites is 4. The number of hydrogen-bond acceptors (Lipinski definition) is 2. The molecule has 8 aromatic carbocycles. The van der Waals surface area contributed by atoms with Crippen molar-refractivity contribution in [1.29, 1.82) is 5.26 Å². The van der Waals surface area contributed by atoms with E-state index in [1.54, 1.807) is 0 Å². The molecule has 0 spiro atoms. The van der Waals surface area contributed by atoms with E-state index >= 15 is 0 Å². The largest absolute Gasteiger partial charge is 0.310 e. The van der Waals surface area contributed by atoms with Crippen LogP contribution in [0, 0.1) is 11.3 Å². The van der Waals surface area contributed by atoms with Crippen LogP contribution in [0.2, 0.25) is 0 Å². The van der Waals surface area contributed by atoms with Crippen molar-refractivity contribution in [3.05, 3.63) is 228 Å². The average molecular weight is 676 g/mol. The third-order valence-electron chi connectivity index (χ3n) is 10.9. The summed E-state index contributed by atoms with van der Waals surface area (Å²) in [7, 11) is 0. The number of fused-ring (bicyclic) bond motifs is 5. The zero-order valence-electron chi connectivity index (χ0n) is 28.9. The van der Waals surface area contributed by atoms with Crippen LogP contribution in [0.25, 0.3) is 38.6 Å². The maximum atomic E-state index is 10.3. The van der Waals surface area contributed by atoms with Crippen molar-refractivity contribution >= 4 is 38.9 Å². The van der Waals surface area contributed by atoms with Gasteiger partial charge >= 0.3 is 0 Å². The molecular weight excluding hydrogens is 643 g/mol. The molecule has 0 amide bonds. The normalized spacial score (nSPS) is 13.0. The standard InChI is InChI=1S/C50H33N3/c51-34-35-17-7-8-22-41(35)36-31-39(52-46-27-13-9-23-42(46)43-24-10-14-28-47(43)52)33-40(32-36)53-48-29-15-11-25-44(48)50(37-18-3-1-4-19-37,38-20-5-2-6-21-38)45-26-12-16-30-49(45)53/h1-33H. The van der Waals surface area contributed by atoms with Crippen molar-refractivity contribution < 1.29 is 0 Å². The Bertz CT molecular complexity index is 2720. The fraction of sp³-hybridized carbons (Fsp3) is 0.0200. The lowest BCUT2D eigenvalue weighted by molar-refractivity contribution is 0.731. The van der Waals surface area contributed by atoms with Crippen LogP contribution < -0.4 is 4.90 Å². The predicted octanol–water partition coefficient (Wildman–Crippen LogP) is 12.5. The summed E-state index contributed by atoms with van der Waals surface area (Å²) >= 11 is 0. The number of hydrogen-bond donors (Lipinski definition) is 0. The van der Waals surface area contributed by atoms with Gasteiger partial charge in [0.05, 0.1) is 39.5 Å². The zero-order chi connectivity index (χ0) is 35.4. The number of anilines is 3. The maximum absolute atomic E-state index is 10.3. The highest BCUT2D eigenvalue weighted by Gasteiger charge is 2.46. The summed E-state index contributed by atoms with van der Waals surface area (Å²) < 4.78 is 2.37. The van der Waals surface area contributed by atoms with Crippen LogP contribution in [0.5, 0.6) is 0 Å². The molecule has 0 bridgehead atoms. The van der Waals surface area contributed by atoms with Crippen LogP contribution in [0.15, 0.2) is 200 Å². The van der Waals surface area contributed by atoms with Gasteiger partial charge in [-0.1, -0.05) is 152 Å². The van der Waals surface area contributed by atoms with Gasteiger partial charge in [-0.15, -0.1) is 0 Å². The van der Waals surface area contributed by atoms with Crippen molar-refractivity contribution in [3.63, 3.8) is 0 Å². The molecule has 2 heterocycles. The van der Waals surface area contributed by atoms with E-state index in [0.29, 0.717) is 5.56 Å². The first-order chi connectivity index (χ1) is 26.3. The molecule has 0 radical (unpaired) electrons. The minimum absolute atomic E-state index is 0.563. The lowest BCUT2D eigenvalue weighted by Gasteiger charge is -2.46. The van der Waals surface area contributed by atoms with Crippen molar-refractivity contribution in [2.75, 3.05) is 4.90 Å². The molecular formula is C50H33N3. The van der Waals surface area contributed by atoms with Gasteiger partial charge < -0.3 is 9.47 Å². The van der Waals surface area contributed by atoms with E-state index in [9.17, 15) is 5.26 Å². The number of rotatable bonds is 5. The first kappa shape index (κ1) is 30.7. The summed E-state index contributed by atoms with van der Waals surface area (Å²) in [6.07, 6.45) is 0. The lowest BCUT2D eigenvalue weighted by Crippen LogP contribution is -2.37. The summed E-state index contributed by atoms with van der Waals surface area (Å²) in [4.78, 5) is 2.42. The molecule has 0 unspecified atom stereocenters. The van der Waals surface area contributed by atoms with Crippen molar-refractivity contribution in [1.82, 2.24) is 4.57 Å². The van der Waals surface area contributed by atoms with Gasteiger partial charge in [-0.05, 0) is 81.9 Å². The summed E-state index contributed by atoms with van der Waals surface area (Å²) in [5.41, 5.74) is 13.3. The number of aromatic nitrogens is 1. The molecule has 1 aromatic heterocycles. The molecule has 0 fully saturated rings. The van der Waals surface area contributed by atoms with Gasteiger partial charge in [-0.2, -0.15) is 5.26 Å². The smallest absolute Gasteiger partial charge is 0.0998 e. The van der Waals surface area contributed by atoms with Crippen LogP contribution in [0.3, 0.4) is 0 Å². The van der Waals surface area contributed by atoms with E-state index < -0.39 is 5.41 Å². The van der Waals surface area contributed by atoms with Gasteiger partial charge in [0.1, 0.15) is 0 Å². The fourth-order valence-corrected chi connectivity index (χ4v) is 8.73. The fourth-order valence-electron chi connectivity index (χ4n) is 8.73. The van der Waals surface area contributed by atoms with Gasteiger partial charge in [-0.3, -0.25) is 0 Å². The second kappa shape index (κ2) is 12.3. The maximum Gasteiger partial charge on any atom is 0.0998 e. The Balaban J connectivity index is 1.31. The van der Waals surface area contributed by atoms with Crippen molar-refractivity contribution in [3.8, 4) is 22.9 Å². The molecule has 248 valence electrons. The highest BCUT2D eigenvalue weighted by atomic mass is 15.2. The SMILES string of the molecule is N#Cc1ccccc1-c1cc(N2c3ccccc3C(c3ccccc3)(c3ccccc3)c3ccccc32)cc(-n2c3ccccc3c3ccccc32)c1. The Morgan fingerprint density at radius 2 is 0.906 bits per heavy atom. The molecule has 0 N–H and O–H groups in total. The van der Waals surface area contributed by atoms with Gasteiger partial charge in [0.25, 0.3) is 0 Å². The Labute approximate surface area is 308 Å². The first-order valence-corrected chi connectivity index (χ1v) is 18.0. The molecule has 1 aliphatic heterocycles. The molecule has 3 nitrogen and oxygen atoms in total. The molecule has 3 heteroatoms. The van der Waals surface area contributed by atoms with Crippen LogP contribution in [-0.2, 0) is 5.41 Å². The third-order valence-corrected chi connectivity index (χ3v) is 10.9. The van der Waals surface area contributed by atoms with Crippen molar-refractivity contribution in [2.24, 2.45) is 0 Å². The highest BCUT2D eigenvalue weighted by Crippen LogP contribution is 2.58. The minimum atomic E-state index is -0.563. The summed E-state index contributed by atoms with van der Waals surface area (Å²) in [5, 5.41) is 12.7. The molecule has 0 saturated heterocycles. The lowest BCUT2D eigenvalue weighted by atomic mass is 9.62. The molecule has 0 aliphatic carbocycles. The van der Waals surface area contributed by atoms with Gasteiger partial charge in [-0.25, -0.2) is 0 Å². The van der Waals surface area contributed by atoms with E-state index in [1.807, 2.05) is 18.2 Å². The van der Waals surface area contributed by atoms with Crippen LogP contribution in [0.1, 0.15) is 27.8 Å². The summed E-state index contributed by atoms with van der Waals surface area (Å²) in [6, 6.07) is 73.9. The van der Waals surface area contributed by atoms with E-state index in [1.165, 1.54) is 33.0 Å². The van der Waals surface area contributed by atoms with Crippen LogP contribution >= 0.6 is 0 Å². The monoisotopic (exact) mass is 675 g/mol. The zero-order valence-corrected chi connectivity index (χ0v) is 28.9. The molecule has 1 aliphatic rings. The van der Waals surface area contributed by atoms with E-state index in [2.05, 4.69) is 198 Å². The Morgan fingerprint density at radius 3 is 1.49 bits per heavy atom. The highest BCUT2D eigenvalue weighted by molar-refractivity contribution is 6.09. The molecule has 0 atom stereocenters. The Hall–Kier alpha value is -7.15. The summed E-state index contributed by atoms with van der Waals surface area (Å²) in [6.45, 7) is 0. The van der Waals surface area contributed by atoms with Gasteiger partial charge in [0.15, 0.2) is 0 Å². The number of nitriles is 1. The van der Waals surface area contributed by atoms with Crippen LogP contribution in [-0.4, -0.2) is 4.57 Å². The Morgan fingerprint density at radius 1 is 0.434 bits per heavy atom. The predicted molar refractivity (Wildman–Crippen MR) is 217 cm³/mol. The Kier molecular flexibility index (Phi) is 7.09. The minimum Gasteiger partial charge on any atom is -0.310 e. The third kappa shape index (κ3) is 4.60. The molecule has 53 heavy (non-hydrogen) atoms. The van der Waals surface area contributed by atoms with Crippen molar-refractivity contribution in [2.45, 2.75) is 5.41 Å². The van der Waals surface area contributed by atoms with E-state index in [0.717, 1.165) is 44.9 Å². The van der Waals surface area contributed by atoms with E-state index in [4.69, 9.17) is 0 Å². The van der Waals surface area contributed by atoms with Crippen LogP contribution in [0.4, 0.5) is 17.1 Å². The number of nitrogens with zero attached hydrogens (tertiary/aromatic N) is 3. The quantitative estimate of drug-likeness (QED) is 0.182. The molecule has 10 rings (SSSR count). The topological polar surface area (TPSA) is 32.0 Å². The summed E-state index contributed by atoms with van der Waals surface area (Å²) in [5.74, 6) is 0. The second-order valence-electron chi connectivity index (χ2n) is 13.6. The van der Waals surface area contributed by atoms with E-state index in [-0.39, 0.29) is 0 Å².